The Morgan fingerprint density at radius 2 is 2.12 bits per heavy atom. The molecule has 1 aromatic heterocycles. The van der Waals surface area contributed by atoms with Crippen LogP contribution in [0.2, 0.25) is 10.0 Å². The number of hydrogen-bond acceptors (Lipinski definition) is 3. The van der Waals surface area contributed by atoms with Crippen LogP contribution >= 0.6 is 23.2 Å². The van der Waals surface area contributed by atoms with Gasteiger partial charge >= 0.3 is 0 Å². The van der Waals surface area contributed by atoms with Crippen LogP contribution < -0.4 is 10.6 Å². The molecular weight excluding hydrogens is 377 g/mol. The standard InChI is InChI=1S/C18H21Cl2N3O3/c1-8-12-13-10(22-11(25)6-24)5-9(19)14(20)15(13)23(4)16(12)18(2,3)7-21-17(8)26/h5,8,24H,6-7H2,1-4H3,(H,21,26)(H,22,25). The average Bonchev–Trinajstić information content (AvgIpc) is 2.86. The minimum absolute atomic E-state index is 0.0881. The Balaban J connectivity index is 2.48. The number of carbonyl (C=O) groups excluding carboxylic acids is 2. The van der Waals surface area contributed by atoms with Gasteiger partial charge in [0.05, 0.1) is 27.2 Å². The summed E-state index contributed by atoms with van der Waals surface area (Å²) in [6.07, 6.45) is 0. The van der Waals surface area contributed by atoms with Crippen molar-refractivity contribution in [2.24, 2.45) is 7.05 Å². The van der Waals surface area contributed by atoms with Crippen molar-refractivity contribution in [3.8, 4) is 0 Å². The molecule has 3 rings (SSSR count). The number of fused-ring (bicyclic) bond motifs is 3. The molecule has 1 atom stereocenters. The molecule has 2 amide bonds. The lowest BCUT2D eigenvalue weighted by Gasteiger charge is -2.25. The van der Waals surface area contributed by atoms with Crippen molar-refractivity contribution in [2.75, 3.05) is 18.5 Å². The van der Waals surface area contributed by atoms with Crippen LogP contribution in [0.25, 0.3) is 10.9 Å². The molecule has 0 saturated heterocycles. The van der Waals surface area contributed by atoms with E-state index < -0.39 is 18.4 Å². The summed E-state index contributed by atoms with van der Waals surface area (Å²) in [5.41, 5.74) is 2.52. The quantitative estimate of drug-likeness (QED) is 0.728. The van der Waals surface area contributed by atoms with E-state index in [1.54, 1.807) is 6.07 Å². The fourth-order valence-corrected chi connectivity index (χ4v) is 4.29. The van der Waals surface area contributed by atoms with E-state index in [0.717, 1.165) is 11.3 Å². The van der Waals surface area contributed by atoms with Gasteiger partial charge in [0.15, 0.2) is 0 Å². The molecule has 3 N–H and O–H groups in total. The zero-order valence-corrected chi connectivity index (χ0v) is 16.5. The molecule has 140 valence electrons. The predicted molar refractivity (Wildman–Crippen MR) is 103 cm³/mol. The lowest BCUT2D eigenvalue weighted by atomic mass is 9.84. The number of carbonyl (C=O) groups is 2. The smallest absolute Gasteiger partial charge is 0.250 e. The molecule has 0 saturated carbocycles. The number of nitrogens with zero attached hydrogens (tertiary/aromatic N) is 1. The highest BCUT2D eigenvalue weighted by atomic mass is 35.5. The maximum Gasteiger partial charge on any atom is 0.250 e. The number of halogens is 2. The molecule has 2 aromatic rings. The molecule has 0 radical (unpaired) electrons. The van der Waals surface area contributed by atoms with Gasteiger partial charge in [0.2, 0.25) is 11.8 Å². The Kier molecular flexibility index (Phi) is 4.71. The Morgan fingerprint density at radius 1 is 1.46 bits per heavy atom. The highest BCUT2D eigenvalue weighted by Crippen LogP contribution is 2.46. The summed E-state index contributed by atoms with van der Waals surface area (Å²) in [6, 6.07) is 1.56. The Hall–Kier alpha value is -1.76. The van der Waals surface area contributed by atoms with Crippen LogP contribution in [0, 0.1) is 0 Å². The highest BCUT2D eigenvalue weighted by molar-refractivity contribution is 6.46. The fraction of sp³-hybridized carbons (Fsp3) is 0.444. The first-order valence-electron chi connectivity index (χ1n) is 8.29. The Labute approximate surface area is 161 Å². The lowest BCUT2D eigenvalue weighted by molar-refractivity contribution is -0.122. The van der Waals surface area contributed by atoms with E-state index in [9.17, 15) is 9.59 Å². The number of aromatic nitrogens is 1. The van der Waals surface area contributed by atoms with Crippen LogP contribution in [0.5, 0.6) is 0 Å². The molecule has 2 heterocycles. The summed E-state index contributed by atoms with van der Waals surface area (Å²) in [4.78, 5) is 24.4. The van der Waals surface area contributed by atoms with Gasteiger partial charge in [-0.05, 0) is 18.6 Å². The van der Waals surface area contributed by atoms with Crippen molar-refractivity contribution in [3.05, 3.63) is 27.4 Å². The maximum absolute atomic E-state index is 12.6. The number of amides is 2. The molecular formula is C18H21Cl2N3O3. The summed E-state index contributed by atoms with van der Waals surface area (Å²) >= 11 is 12.8. The number of rotatable bonds is 2. The topological polar surface area (TPSA) is 83.4 Å². The van der Waals surface area contributed by atoms with Gasteiger partial charge in [-0.2, -0.15) is 0 Å². The maximum atomic E-state index is 12.6. The first-order valence-corrected chi connectivity index (χ1v) is 9.05. The third-order valence-electron chi connectivity index (χ3n) is 4.98. The first kappa shape index (κ1) is 19.0. The van der Waals surface area contributed by atoms with E-state index in [4.69, 9.17) is 28.3 Å². The summed E-state index contributed by atoms with van der Waals surface area (Å²) in [6.45, 7) is 5.75. The zero-order chi connectivity index (χ0) is 19.4. The molecule has 1 unspecified atom stereocenters. The molecule has 0 aliphatic carbocycles. The predicted octanol–water partition coefficient (Wildman–Crippen LogP) is 2.93. The minimum Gasteiger partial charge on any atom is -0.387 e. The van der Waals surface area contributed by atoms with E-state index >= 15 is 0 Å². The number of aryl methyl sites for hydroxylation is 1. The number of anilines is 1. The molecule has 0 fully saturated rings. The molecule has 26 heavy (non-hydrogen) atoms. The monoisotopic (exact) mass is 397 g/mol. The number of aliphatic hydroxyl groups excluding tert-OH is 1. The second kappa shape index (κ2) is 6.44. The van der Waals surface area contributed by atoms with Crippen LogP contribution in [-0.2, 0) is 22.1 Å². The van der Waals surface area contributed by atoms with Gasteiger partial charge < -0.3 is 20.3 Å². The third-order valence-corrected chi connectivity index (χ3v) is 5.76. The largest absolute Gasteiger partial charge is 0.387 e. The van der Waals surface area contributed by atoms with Crippen molar-refractivity contribution in [1.82, 2.24) is 9.88 Å². The second-order valence-electron chi connectivity index (χ2n) is 7.29. The summed E-state index contributed by atoms with van der Waals surface area (Å²) in [5.74, 6) is -1.08. The Bertz CT molecular complexity index is 934. The van der Waals surface area contributed by atoms with Crippen molar-refractivity contribution in [3.63, 3.8) is 0 Å². The second-order valence-corrected chi connectivity index (χ2v) is 8.08. The van der Waals surface area contributed by atoms with E-state index in [1.807, 2.05) is 32.4 Å². The van der Waals surface area contributed by atoms with Gasteiger partial charge in [0.25, 0.3) is 0 Å². The molecule has 0 bridgehead atoms. The van der Waals surface area contributed by atoms with Crippen LogP contribution in [-0.4, -0.2) is 34.6 Å². The number of aliphatic hydroxyl groups is 1. The van der Waals surface area contributed by atoms with E-state index in [-0.39, 0.29) is 16.3 Å². The van der Waals surface area contributed by atoms with Crippen LogP contribution in [0.1, 0.15) is 37.9 Å². The molecule has 1 aromatic carbocycles. The zero-order valence-electron chi connectivity index (χ0n) is 15.0. The number of benzene rings is 1. The van der Waals surface area contributed by atoms with Gasteiger partial charge in [0, 0.05) is 30.1 Å². The van der Waals surface area contributed by atoms with Crippen molar-refractivity contribution in [1.29, 1.82) is 0 Å². The number of hydrogen-bond donors (Lipinski definition) is 3. The average molecular weight is 398 g/mol. The van der Waals surface area contributed by atoms with Gasteiger partial charge in [-0.25, -0.2) is 0 Å². The third kappa shape index (κ3) is 2.76. The van der Waals surface area contributed by atoms with Crippen LogP contribution in [0.4, 0.5) is 5.69 Å². The lowest BCUT2D eigenvalue weighted by Crippen LogP contribution is -2.35. The molecule has 6 nitrogen and oxygen atoms in total. The van der Waals surface area contributed by atoms with Crippen LogP contribution in [0.3, 0.4) is 0 Å². The van der Waals surface area contributed by atoms with E-state index in [0.29, 0.717) is 28.2 Å². The van der Waals surface area contributed by atoms with Gasteiger partial charge in [0.1, 0.15) is 6.61 Å². The Morgan fingerprint density at radius 3 is 2.73 bits per heavy atom. The van der Waals surface area contributed by atoms with Crippen molar-refractivity contribution in [2.45, 2.75) is 32.1 Å². The molecule has 8 heteroatoms. The van der Waals surface area contributed by atoms with Gasteiger partial charge in [-0.15, -0.1) is 0 Å². The normalized spacial score (nSPS) is 19.0. The SMILES string of the molecule is CC1C(=O)NCC(C)(C)c2c1c1c(NC(=O)CO)cc(Cl)c(Cl)c1n2C. The van der Waals surface area contributed by atoms with E-state index in [1.165, 1.54) is 0 Å². The molecule has 1 aliphatic heterocycles. The minimum atomic E-state index is -0.654. The number of nitrogens with one attached hydrogen (secondary N) is 2. The summed E-state index contributed by atoms with van der Waals surface area (Å²) < 4.78 is 1.95. The first-order chi connectivity index (χ1) is 12.1. The van der Waals surface area contributed by atoms with Crippen molar-refractivity contribution < 1.29 is 14.7 Å². The summed E-state index contributed by atoms with van der Waals surface area (Å²) in [7, 11) is 1.88. The summed E-state index contributed by atoms with van der Waals surface area (Å²) in [5, 5.41) is 16.1. The van der Waals surface area contributed by atoms with Crippen molar-refractivity contribution >= 4 is 51.6 Å². The van der Waals surface area contributed by atoms with Crippen LogP contribution in [0.15, 0.2) is 6.07 Å². The van der Waals surface area contributed by atoms with E-state index in [2.05, 4.69) is 10.6 Å². The van der Waals surface area contributed by atoms with Gasteiger partial charge in [-0.1, -0.05) is 37.0 Å². The molecule has 1 aliphatic rings. The fourth-order valence-electron chi connectivity index (χ4n) is 3.82. The van der Waals surface area contributed by atoms with Gasteiger partial charge in [-0.3, -0.25) is 9.59 Å². The highest BCUT2D eigenvalue weighted by Gasteiger charge is 2.38. The molecule has 0 spiro atoms.